The summed E-state index contributed by atoms with van der Waals surface area (Å²) in [5, 5.41) is 2.58. The molecule has 0 unspecified atom stereocenters. The number of hydrogen-bond acceptors (Lipinski definition) is 0. The van der Waals surface area contributed by atoms with Crippen molar-refractivity contribution < 1.29 is 13.2 Å². The van der Waals surface area contributed by atoms with E-state index in [1.54, 1.807) is 36.4 Å². The quantitative estimate of drug-likeness (QED) is 0.127. The summed E-state index contributed by atoms with van der Waals surface area (Å²) in [6, 6.07) is 20.7. The average Bonchev–Trinajstić information content (AvgIpc) is 2.83. The molecule has 34 heavy (non-hydrogen) atoms. The Morgan fingerprint density at radius 3 is 1.21 bits per heavy atom. The van der Waals surface area contributed by atoms with Crippen LogP contribution in [0.2, 0.25) is 6.04 Å². The Labute approximate surface area is 204 Å². The molecule has 3 rings (SSSR count). The predicted octanol–water partition coefficient (Wildman–Crippen LogP) is 7.50. The third-order valence-electron chi connectivity index (χ3n) is 6.86. The van der Waals surface area contributed by atoms with Crippen LogP contribution in [0.5, 0.6) is 0 Å². The van der Waals surface area contributed by atoms with Gasteiger partial charge in [-0.15, -0.1) is 0 Å². The molecule has 0 spiro atoms. The van der Waals surface area contributed by atoms with Gasteiger partial charge in [0.05, 0.1) is 0 Å². The van der Waals surface area contributed by atoms with Crippen molar-refractivity contribution in [3.05, 3.63) is 90.2 Å². The van der Waals surface area contributed by atoms with Crippen LogP contribution in [0.4, 0.5) is 13.2 Å². The number of unbranched alkanes of at least 4 members (excludes halogenated alkanes) is 9. The van der Waals surface area contributed by atoms with Crippen LogP contribution in [0.25, 0.3) is 0 Å². The van der Waals surface area contributed by atoms with E-state index in [0.717, 1.165) is 40.9 Å². The maximum absolute atomic E-state index is 14.4. The zero-order valence-electron chi connectivity index (χ0n) is 20.3. The summed E-state index contributed by atoms with van der Waals surface area (Å²) < 4.78 is 43.2. The SMILES string of the molecule is CCCCCCCCCCCC[Si](c1cccc(F)c1)(c1cccc(F)c1)c1cccc(F)c1. The standard InChI is InChI=1S/C30H37F3Si/c1-2-3-4-5-6-7-8-9-10-11-21-34(28-18-12-15-25(31)22-28,29-19-13-16-26(32)23-29)30-20-14-17-27(33)24-30/h12-20,22-24H,2-11,21H2,1H3. The summed E-state index contributed by atoms with van der Waals surface area (Å²) in [7, 11) is -2.83. The number of halogens is 3. The van der Waals surface area contributed by atoms with Gasteiger partial charge >= 0.3 is 0 Å². The third-order valence-corrected chi connectivity index (χ3v) is 11.9. The molecular weight excluding hydrogens is 445 g/mol. The fourth-order valence-electron chi connectivity index (χ4n) is 5.07. The first-order chi connectivity index (χ1) is 16.6. The van der Waals surface area contributed by atoms with Gasteiger partial charge in [-0.2, -0.15) is 0 Å². The Morgan fingerprint density at radius 2 is 0.853 bits per heavy atom. The highest BCUT2D eigenvalue weighted by Crippen LogP contribution is 2.20. The van der Waals surface area contributed by atoms with E-state index in [0.29, 0.717) is 0 Å². The Kier molecular flexibility index (Phi) is 10.5. The van der Waals surface area contributed by atoms with Gasteiger partial charge in [0.1, 0.15) is 25.5 Å². The van der Waals surface area contributed by atoms with E-state index in [1.165, 1.54) is 63.1 Å². The summed E-state index contributed by atoms with van der Waals surface area (Å²) in [6.07, 6.45) is 12.2. The van der Waals surface area contributed by atoms with Crippen LogP contribution < -0.4 is 15.6 Å². The van der Waals surface area contributed by atoms with Crippen molar-refractivity contribution in [3.8, 4) is 0 Å². The van der Waals surface area contributed by atoms with E-state index >= 15 is 0 Å². The van der Waals surface area contributed by atoms with Crippen LogP contribution in [0.1, 0.15) is 71.1 Å². The second-order valence-electron chi connectivity index (χ2n) is 9.37. The molecule has 0 atom stereocenters. The average molecular weight is 483 g/mol. The van der Waals surface area contributed by atoms with Crippen molar-refractivity contribution in [3.63, 3.8) is 0 Å². The summed E-state index contributed by atoms with van der Waals surface area (Å²) >= 11 is 0. The first kappa shape index (κ1) is 26.3. The van der Waals surface area contributed by atoms with Gasteiger partial charge in [-0.25, -0.2) is 13.2 Å². The molecule has 3 aromatic rings. The van der Waals surface area contributed by atoms with Gasteiger partial charge in [0.15, 0.2) is 0 Å². The maximum Gasteiger partial charge on any atom is 0.148 e. The molecule has 0 bridgehead atoms. The number of hydrogen-bond donors (Lipinski definition) is 0. The van der Waals surface area contributed by atoms with E-state index in [2.05, 4.69) is 6.92 Å². The van der Waals surface area contributed by atoms with Gasteiger partial charge in [-0.05, 0) is 58.0 Å². The lowest BCUT2D eigenvalue weighted by Crippen LogP contribution is -2.67. The maximum atomic E-state index is 14.4. The van der Waals surface area contributed by atoms with Crippen molar-refractivity contribution in [1.29, 1.82) is 0 Å². The smallest absolute Gasteiger partial charge is 0.148 e. The van der Waals surface area contributed by atoms with E-state index in [4.69, 9.17) is 0 Å². The Hall–Kier alpha value is -2.33. The second-order valence-corrected chi connectivity index (χ2v) is 13.4. The van der Waals surface area contributed by atoms with Crippen LogP contribution in [-0.2, 0) is 0 Å². The normalized spacial score (nSPS) is 11.6. The predicted molar refractivity (Wildman–Crippen MR) is 141 cm³/mol. The molecule has 3 aromatic carbocycles. The zero-order valence-corrected chi connectivity index (χ0v) is 21.3. The molecule has 4 heteroatoms. The lowest BCUT2D eigenvalue weighted by atomic mass is 10.1. The highest BCUT2D eigenvalue weighted by atomic mass is 28.3. The highest BCUT2D eigenvalue weighted by molar-refractivity contribution is 7.11. The van der Waals surface area contributed by atoms with Gasteiger partial charge in [0.25, 0.3) is 0 Å². The molecule has 0 aliphatic carbocycles. The van der Waals surface area contributed by atoms with Crippen LogP contribution in [0.3, 0.4) is 0 Å². The summed E-state index contributed by atoms with van der Waals surface area (Å²) in [6.45, 7) is 2.24. The minimum absolute atomic E-state index is 0.315. The number of rotatable bonds is 14. The summed E-state index contributed by atoms with van der Waals surface area (Å²) in [5.41, 5.74) is 0. The Balaban J connectivity index is 1.83. The molecule has 0 fully saturated rings. The van der Waals surface area contributed by atoms with Gasteiger partial charge in [-0.3, -0.25) is 0 Å². The second kappa shape index (κ2) is 13.5. The summed E-state index contributed by atoms with van der Waals surface area (Å²) in [4.78, 5) is 0. The van der Waals surface area contributed by atoms with Crippen molar-refractivity contribution in [2.75, 3.05) is 0 Å². The summed E-state index contributed by atoms with van der Waals surface area (Å²) in [5.74, 6) is -0.944. The lowest BCUT2D eigenvalue weighted by Gasteiger charge is -2.34. The Morgan fingerprint density at radius 1 is 0.500 bits per heavy atom. The fourth-order valence-corrected chi connectivity index (χ4v) is 10.0. The van der Waals surface area contributed by atoms with E-state index in [9.17, 15) is 13.2 Å². The van der Waals surface area contributed by atoms with Crippen molar-refractivity contribution in [1.82, 2.24) is 0 Å². The van der Waals surface area contributed by atoms with E-state index in [-0.39, 0.29) is 17.5 Å². The van der Waals surface area contributed by atoms with Crippen molar-refractivity contribution >= 4 is 23.6 Å². The largest absolute Gasteiger partial charge is 0.207 e. The molecule has 0 aliphatic heterocycles. The molecule has 182 valence electrons. The molecule has 0 nitrogen and oxygen atoms in total. The monoisotopic (exact) mass is 482 g/mol. The van der Waals surface area contributed by atoms with E-state index < -0.39 is 8.07 Å². The third kappa shape index (κ3) is 7.08. The van der Waals surface area contributed by atoms with Crippen molar-refractivity contribution in [2.24, 2.45) is 0 Å². The van der Waals surface area contributed by atoms with E-state index in [1.807, 2.05) is 18.2 Å². The number of benzene rings is 3. The first-order valence-corrected chi connectivity index (χ1v) is 15.0. The van der Waals surface area contributed by atoms with Crippen LogP contribution in [0.15, 0.2) is 72.8 Å². The minimum atomic E-state index is -2.83. The fraction of sp³-hybridized carbons (Fsp3) is 0.400. The molecule has 0 saturated carbocycles. The van der Waals surface area contributed by atoms with Gasteiger partial charge in [0, 0.05) is 0 Å². The molecule has 0 N–H and O–H groups in total. The lowest BCUT2D eigenvalue weighted by molar-refractivity contribution is 0.562. The van der Waals surface area contributed by atoms with Crippen LogP contribution >= 0.6 is 0 Å². The molecule has 0 heterocycles. The molecular formula is C30H37F3Si. The molecule has 0 aromatic heterocycles. The van der Waals surface area contributed by atoms with Crippen LogP contribution in [0, 0.1) is 17.5 Å². The van der Waals surface area contributed by atoms with Gasteiger partial charge in [0.2, 0.25) is 0 Å². The zero-order chi connectivity index (χ0) is 24.2. The molecule has 0 aliphatic rings. The first-order valence-electron chi connectivity index (χ1n) is 12.8. The molecule has 0 saturated heterocycles. The van der Waals surface area contributed by atoms with Crippen LogP contribution in [-0.4, -0.2) is 8.07 Å². The molecule has 0 radical (unpaired) electrons. The van der Waals surface area contributed by atoms with Crippen molar-refractivity contribution in [2.45, 2.75) is 77.2 Å². The topological polar surface area (TPSA) is 0 Å². The minimum Gasteiger partial charge on any atom is -0.207 e. The van der Waals surface area contributed by atoms with Gasteiger partial charge in [-0.1, -0.05) is 108 Å². The van der Waals surface area contributed by atoms with Gasteiger partial charge < -0.3 is 0 Å². The molecule has 0 amide bonds. The Bertz CT molecular complexity index is 906. The highest BCUT2D eigenvalue weighted by Gasteiger charge is 2.39.